The van der Waals surface area contributed by atoms with Crippen molar-refractivity contribution >= 4 is 34.4 Å². The van der Waals surface area contributed by atoms with Gasteiger partial charge in [-0.15, -0.1) is 0 Å². The number of amides is 4. The van der Waals surface area contributed by atoms with E-state index in [9.17, 15) is 19.2 Å². The molecule has 9 nitrogen and oxygen atoms in total. The largest absolute Gasteiger partial charge is 0.368 e. The fourth-order valence-corrected chi connectivity index (χ4v) is 4.25. The van der Waals surface area contributed by atoms with Gasteiger partial charge in [-0.25, -0.2) is 5.48 Å². The lowest BCUT2D eigenvalue weighted by Crippen LogP contribution is -2.60. The number of rotatable bonds is 12. The van der Waals surface area contributed by atoms with Crippen LogP contribution in [0.4, 0.5) is 0 Å². The van der Waals surface area contributed by atoms with Crippen LogP contribution in [0.1, 0.15) is 59.4 Å². The van der Waals surface area contributed by atoms with Crippen LogP contribution in [-0.4, -0.2) is 34.9 Å². The van der Waals surface area contributed by atoms with Crippen molar-refractivity contribution in [1.82, 2.24) is 16.1 Å². The van der Waals surface area contributed by atoms with E-state index in [1.165, 1.54) is 0 Å². The highest BCUT2D eigenvalue weighted by molar-refractivity contribution is 5.97. The lowest BCUT2D eigenvalue weighted by molar-refractivity contribution is -0.139. The monoisotopic (exact) mass is 498 g/mol. The molecule has 2 aromatic carbocycles. The average molecular weight is 499 g/mol. The van der Waals surface area contributed by atoms with E-state index in [-0.39, 0.29) is 18.3 Å². The molecule has 0 saturated carbocycles. The molecule has 6 N–H and O–H groups in total. The third-order valence-corrected chi connectivity index (χ3v) is 6.64. The zero-order chi connectivity index (χ0) is 27.0. The van der Waals surface area contributed by atoms with Gasteiger partial charge in [0.15, 0.2) is 0 Å². The van der Waals surface area contributed by atoms with Crippen molar-refractivity contribution in [1.29, 1.82) is 0 Å². The van der Waals surface area contributed by atoms with Gasteiger partial charge in [-0.05, 0) is 47.6 Å². The van der Waals surface area contributed by atoms with Crippen molar-refractivity contribution in [2.75, 3.05) is 0 Å². The predicted molar refractivity (Wildman–Crippen MR) is 138 cm³/mol. The van der Waals surface area contributed by atoms with E-state index >= 15 is 0 Å². The van der Waals surface area contributed by atoms with Crippen molar-refractivity contribution in [2.45, 2.75) is 65.5 Å². The smallest absolute Gasteiger partial charge is 0.250 e. The van der Waals surface area contributed by atoms with Crippen LogP contribution in [-0.2, 0) is 24.7 Å². The van der Waals surface area contributed by atoms with Gasteiger partial charge in [0.2, 0.25) is 17.7 Å². The van der Waals surface area contributed by atoms with E-state index in [2.05, 4.69) is 10.6 Å². The van der Waals surface area contributed by atoms with Gasteiger partial charge in [-0.1, -0.05) is 70.5 Å². The molecule has 0 radical (unpaired) electrons. The van der Waals surface area contributed by atoms with Crippen molar-refractivity contribution in [3.05, 3.63) is 48.0 Å². The van der Waals surface area contributed by atoms with Crippen LogP contribution in [0.5, 0.6) is 0 Å². The van der Waals surface area contributed by atoms with Crippen LogP contribution in [0, 0.1) is 17.8 Å². The number of hydrogen-bond donors (Lipinski definition) is 5. The van der Waals surface area contributed by atoms with E-state index in [1.54, 1.807) is 18.5 Å². The van der Waals surface area contributed by atoms with Crippen LogP contribution < -0.4 is 21.8 Å². The molecule has 2 aromatic rings. The molecule has 0 heterocycles. The molecule has 196 valence electrons. The summed E-state index contributed by atoms with van der Waals surface area (Å²) < 4.78 is 0. The minimum atomic E-state index is -1.58. The number of nitrogens with one attached hydrogen (secondary N) is 3. The molecule has 36 heavy (non-hydrogen) atoms. The Labute approximate surface area is 212 Å². The van der Waals surface area contributed by atoms with E-state index in [0.29, 0.717) is 18.4 Å². The maximum Gasteiger partial charge on any atom is 0.250 e. The van der Waals surface area contributed by atoms with Crippen LogP contribution in [0.3, 0.4) is 0 Å². The summed E-state index contributed by atoms with van der Waals surface area (Å²) >= 11 is 0. The van der Waals surface area contributed by atoms with E-state index < -0.39 is 41.1 Å². The number of fused-ring (bicyclic) bond motifs is 1. The molecule has 4 amide bonds. The van der Waals surface area contributed by atoms with E-state index in [1.807, 2.05) is 64.1 Å². The topological polar surface area (TPSA) is 151 Å². The predicted octanol–water partition coefficient (Wildman–Crippen LogP) is 2.75. The molecular weight excluding hydrogens is 460 g/mol. The highest BCUT2D eigenvalue weighted by Gasteiger charge is 2.41. The molecule has 0 spiro atoms. The Bertz CT molecular complexity index is 1100. The summed E-state index contributed by atoms with van der Waals surface area (Å²) in [5.41, 5.74) is 6.08. The summed E-state index contributed by atoms with van der Waals surface area (Å²) in [7, 11) is 0. The van der Waals surface area contributed by atoms with Crippen molar-refractivity contribution in [3.63, 3.8) is 0 Å². The van der Waals surface area contributed by atoms with E-state index in [0.717, 1.165) is 10.8 Å². The van der Waals surface area contributed by atoms with Gasteiger partial charge in [0.05, 0.1) is 0 Å². The van der Waals surface area contributed by atoms with Gasteiger partial charge in [0.1, 0.15) is 11.6 Å². The molecule has 0 saturated heterocycles. The molecule has 2 unspecified atom stereocenters. The molecule has 0 aliphatic carbocycles. The molecule has 2 rings (SSSR count). The van der Waals surface area contributed by atoms with Crippen molar-refractivity contribution in [2.24, 2.45) is 23.5 Å². The molecule has 4 atom stereocenters. The Morgan fingerprint density at radius 1 is 1.03 bits per heavy atom. The zero-order valence-electron chi connectivity index (χ0n) is 21.6. The highest BCUT2D eigenvalue weighted by atomic mass is 16.5. The van der Waals surface area contributed by atoms with Crippen LogP contribution in [0.2, 0.25) is 0 Å². The zero-order valence-corrected chi connectivity index (χ0v) is 21.6. The highest BCUT2D eigenvalue weighted by Crippen LogP contribution is 2.28. The Morgan fingerprint density at radius 2 is 1.67 bits per heavy atom. The fraction of sp³-hybridized carbons (Fsp3) is 0.481. The van der Waals surface area contributed by atoms with Gasteiger partial charge >= 0.3 is 0 Å². The molecule has 0 aliphatic heterocycles. The first-order chi connectivity index (χ1) is 16.9. The number of hydrogen-bond acceptors (Lipinski definition) is 5. The standard InChI is InChI=1S/C27H38N4O5/c1-6-17(4)23(24(28)33)29-26(35)27(5,21-12-11-18-9-7-8-10-19(18)14-21)30-25(34)20(13-16(2)3)15-22(32)31-36/h7-12,14,16-17,20,23,36H,6,13,15H2,1-5H3,(H2,28,33)(H,29,35)(H,30,34)(H,31,32)/t17?,20?,23-,27-/m0/s1. The third kappa shape index (κ3) is 7.04. The SMILES string of the molecule is CCC(C)[C@H](NC(=O)[C@@](C)(NC(=O)C(CC(=O)NO)CC(C)C)c1ccc2ccccc2c1)C(N)=O. The minimum Gasteiger partial charge on any atom is -0.368 e. The lowest BCUT2D eigenvalue weighted by Gasteiger charge is -2.34. The Balaban J connectivity index is 2.53. The molecule has 0 bridgehead atoms. The van der Waals surface area contributed by atoms with Crippen LogP contribution >= 0.6 is 0 Å². The number of benzene rings is 2. The quantitative estimate of drug-likeness (QED) is 0.225. The Hall–Kier alpha value is -3.46. The van der Waals surface area contributed by atoms with Gasteiger partial charge in [-0.2, -0.15) is 0 Å². The molecular formula is C27H38N4O5. The molecule has 0 fully saturated rings. The van der Waals surface area contributed by atoms with Crippen molar-refractivity contribution in [3.8, 4) is 0 Å². The first kappa shape index (κ1) is 28.8. The maximum absolute atomic E-state index is 13.7. The number of nitrogens with two attached hydrogens (primary N) is 1. The third-order valence-electron chi connectivity index (χ3n) is 6.64. The Morgan fingerprint density at radius 3 is 2.22 bits per heavy atom. The summed E-state index contributed by atoms with van der Waals surface area (Å²) in [5.74, 6) is -3.39. The normalized spacial score (nSPS) is 15.4. The van der Waals surface area contributed by atoms with Gasteiger partial charge in [0.25, 0.3) is 5.91 Å². The second-order valence-electron chi connectivity index (χ2n) is 9.98. The second-order valence-corrected chi connectivity index (χ2v) is 9.98. The number of primary amides is 1. The maximum atomic E-state index is 13.7. The van der Waals surface area contributed by atoms with Crippen molar-refractivity contribution < 1.29 is 24.4 Å². The van der Waals surface area contributed by atoms with Gasteiger partial charge in [0, 0.05) is 12.3 Å². The van der Waals surface area contributed by atoms with Crippen LogP contribution in [0.15, 0.2) is 42.5 Å². The first-order valence-electron chi connectivity index (χ1n) is 12.3. The van der Waals surface area contributed by atoms with Crippen LogP contribution in [0.25, 0.3) is 10.8 Å². The first-order valence-corrected chi connectivity index (χ1v) is 12.3. The average Bonchev–Trinajstić information content (AvgIpc) is 2.85. The van der Waals surface area contributed by atoms with Gasteiger partial charge in [-0.3, -0.25) is 24.4 Å². The number of carbonyl (C=O) groups excluding carboxylic acids is 4. The molecule has 0 aromatic heterocycles. The second kappa shape index (κ2) is 12.5. The van der Waals surface area contributed by atoms with Gasteiger partial charge < -0.3 is 16.4 Å². The minimum absolute atomic E-state index is 0.0811. The lowest BCUT2D eigenvalue weighted by atomic mass is 9.86. The number of hydroxylamine groups is 1. The molecule has 0 aliphatic rings. The van der Waals surface area contributed by atoms with E-state index in [4.69, 9.17) is 10.9 Å². The Kier molecular flexibility index (Phi) is 9.98. The summed E-state index contributed by atoms with van der Waals surface area (Å²) in [6, 6.07) is 12.1. The summed E-state index contributed by atoms with van der Waals surface area (Å²) in [4.78, 5) is 51.2. The summed E-state index contributed by atoms with van der Waals surface area (Å²) in [5, 5.41) is 16.4. The molecule has 9 heteroatoms. The summed E-state index contributed by atoms with van der Waals surface area (Å²) in [6.07, 6.45) is 0.734. The number of carbonyl (C=O) groups is 4. The summed E-state index contributed by atoms with van der Waals surface area (Å²) in [6.45, 7) is 9.09. The fourth-order valence-electron chi connectivity index (χ4n) is 4.25.